The van der Waals surface area contributed by atoms with Gasteiger partial charge < -0.3 is 10.1 Å². The first-order valence-electron chi connectivity index (χ1n) is 12.9. The van der Waals surface area contributed by atoms with Crippen LogP contribution in [0.3, 0.4) is 0 Å². The van der Waals surface area contributed by atoms with E-state index in [0.29, 0.717) is 4.91 Å². The van der Waals surface area contributed by atoms with Crippen molar-refractivity contribution in [2.45, 2.75) is 78.6 Å². The molecule has 2 aliphatic carbocycles. The van der Waals surface area contributed by atoms with Crippen molar-refractivity contribution in [2.75, 3.05) is 0 Å². The van der Waals surface area contributed by atoms with E-state index in [1.54, 1.807) is 0 Å². The third-order valence-electron chi connectivity index (χ3n) is 8.50. The molecular weight excluding hydrogens is 500 g/mol. The van der Waals surface area contributed by atoms with Crippen LogP contribution < -0.4 is 10.0 Å². The summed E-state index contributed by atoms with van der Waals surface area (Å²) in [5, 5.41) is 3.45. The van der Waals surface area contributed by atoms with Crippen LogP contribution in [-0.2, 0) is 27.6 Å². The van der Waals surface area contributed by atoms with Crippen LogP contribution >= 0.6 is 12.2 Å². The quantitative estimate of drug-likeness (QED) is 0.481. The van der Waals surface area contributed by atoms with Crippen molar-refractivity contribution in [2.24, 2.45) is 5.41 Å². The molecule has 0 saturated carbocycles. The van der Waals surface area contributed by atoms with Crippen molar-refractivity contribution in [3.05, 3.63) is 92.4 Å². The van der Waals surface area contributed by atoms with Crippen LogP contribution in [0.5, 0.6) is 0 Å². The van der Waals surface area contributed by atoms with Gasteiger partial charge in [-0.05, 0) is 105 Å². The van der Waals surface area contributed by atoms with E-state index >= 15 is 0 Å². The van der Waals surface area contributed by atoms with Crippen LogP contribution in [0.15, 0.2) is 70.2 Å². The second-order valence-electron chi connectivity index (χ2n) is 11.5. The largest absolute Gasteiger partial charge is 0.367 e. The molecule has 2 N–H and O–H groups in total. The predicted octanol–water partition coefficient (Wildman–Crippen LogP) is 5.87. The highest BCUT2D eigenvalue weighted by Gasteiger charge is 2.54. The average Bonchev–Trinajstić information content (AvgIpc) is 2.99. The molecule has 0 spiro atoms. The minimum Gasteiger partial charge on any atom is -0.367 e. The molecule has 0 amide bonds. The lowest BCUT2D eigenvalue weighted by atomic mass is 9.68. The number of benzene rings is 2. The maximum absolute atomic E-state index is 13.9. The number of fused-ring (bicyclic) bond motifs is 3. The number of sulfonamides is 1. The van der Waals surface area contributed by atoms with E-state index in [4.69, 9.17) is 17.0 Å². The summed E-state index contributed by atoms with van der Waals surface area (Å²) in [6.45, 7) is 12.0. The first-order chi connectivity index (χ1) is 17.3. The van der Waals surface area contributed by atoms with Gasteiger partial charge in [0.2, 0.25) is 0 Å². The van der Waals surface area contributed by atoms with Crippen LogP contribution in [0.1, 0.15) is 76.3 Å². The van der Waals surface area contributed by atoms with Crippen LogP contribution in [0.25, 0.3) is 0 Å². The smallest absolute Gasteiger partial charge is 0.263 e. The maximum atomic E-state index is 13.9. The number of allylic oxidation sites excluding steroid dienone is 1. The van der Waals surface area contributed by atoms with Gasteiger partial charge in [0.1, 0.15) is 0 Å². The molecule has 5 rings (SSSR count). The summed E-state index contributed by atoms with van der Waals surface area (Å²) in [4.78, 5) is 0.330. The number of ether oxygens (including phenoxy) is 1. The van der Waals surface area contributed by atoms with Crippen molar-refractivity contribution in [3.63, 3.8) is 0 Å². The minimum absolute atomic E-state index is 0.0949. The Hall–Kier alpha value is -2.48. The number of hydrogen-bond donors (Lipinski definition) is 2. The van der Waals surface area contributed by atoms with E-state index in [1.165, 1.54) is 11.1 Å². The van der Waals surface area contributed by atoms with E-state index in [-0.39, 0.29) is 22.9 Å². The highest BCUT2D eigenvalue weighted by atomic mass is 32.2. The van der Waals surface area contributed by atoms with Gasteiger partial charge in [-0.25, -0.2) is 8.42 Å². The maximum Gasteiger partial charge on any atom is 0.263 e. The molecule has 1 saturated heterocycles. The van der Waals surface area contributed by atoms with Crippen LogP contribution in [0.4, 0.5) is 0 Å². The van der Waals surface area contributed by atoms with E-state index in [0.717, 1.165) is 47.1 Å². The van der Waals surface area contributed by atoms with E-state index < -0.39 is 15.4 Å². The Morgan fingerprint density at radius 1 is 0.946 bits per heavy atom. The number of rotatable bonds is 3. The van der Waals surface area contributed by atoms with Gasteiger partial charge in [0.05, 0.1) is 22.7 Å². The second kappa shape index (κ2) is 9.07. The van der Waals surface area contributed by atoms with Gasteiger partial charge in [-0.3, -0.25) is 4.72 Å². The van der Waals surface area contributed by atoms with Gasteiger partial charge >= 0.3 is 0 Å². The molecule has 1 heterocycles. The molecule has 37 heavy (non-hydrogen) atoms. The summed E-state index contributed by atoms with van der Waals surface area (Å²) in [7, 11) is -3.93. The summed E-state index contributed by atoms with van der Waals surface area (Å²) < 4.78 is 36.9. The summed E-state index contributed by atoms with van der Waals surface area (Å²) in [5.41, 5.74) is 6.52. The third kappa shape index (κ3) is 4.45. The van der Waals surface area contributed by atoms with Gasteiger partial charge in [-0.1, -0.05) is 55.5 Å². The second-order valence-corrected chi connectivity index (χ2v) is 13.6. The lowest BCUT2D eigenvalue weighted by Crippen LogP contribution is -2.44. The zero-order chi connectivity index (χ0) is 26.8. The molecule has 1 aliphatic heterocycles. The molecule has 0 bridgehead atoms. The zero-order valence-corrected chi connectivity index (χ0v) is 24.1. The molecule has 0 aromatic heterocycles. The van der Waals surface area contributed by atoms with Crippen LogP contribution in [-0.4, -0.2) is 25.2 Å². The first kappa shape index (κ1) is 26.1. The lowest BCUT2D eigenvalue weighted by Gasteiger charge is -2.38. The summed E-state index contributed by atoms with van der Waals surface area (Å²) in [5.74, 6) is 0. The van der Waals surface area contributed by atoms with Crippen molar-refractivity contribution in [1.29, 1.82) is 0 Å². The molecule has 2 aromatic carbocycles. The number of nitrogens with one attached hydrogen (secondary N) is 2. The van der Waals surface area contributed by atoms with Gasteiger partial charge in [0.25, 0.3) is 10.0 Å². The molecular formula is C30H36N2O3S2. The monoisotopic (exact) mass is 536 g/mol. The normalized spacial score (nSPS) is 25.2. The van der Waals surface area contributed by atoms with Crippen LogP contribution in [0.2, 0.25) is 0 Å². The third-order valence-corrected chi connectivity index (χ3v) is 10.5. The standard InChI is InChI=1S/C30H36N2O3S2/c1-18-19(2)27-30(6,17-29(4,5)35-27)20(3)26(18)37(33,34)32-28(36)31-25-23-13-9-7-11-21(23)15-16-22-12-8-10-14-24(22)25/h7-14,25,27H,15-17H2,1-6H3,(H2,31,32,36). The van der Waals surface area contributed by atoms with E-state index in [9.17, 15) is 8.42 Å². The molecule has 7 heteroatoms. The molecule has 1 fully saturated rings. The Morgan fingerprint density at radius 3 is 2.05 bits per heavy atom. The van der Waals surface area contributed by atoms with Crippen molar-refractivity contribution >= 4 is 27.4 Å². The van der Waals surface area contributed by atoms with Crippen molar-refractivity contribution < 1.29 is 13.2 Å². The van der Waals surface area contributed by atoms with E-state index in [1.807, 2.05) is 45.0 Å². The Kier molecular flexibility index (Phi) is 6.41. The minimum atomic E-state index is -3.93. The highest BCUT2D eigenvalue weighted by molar-refractivity contribution is 7.95. The predicted molar refractivity (Wildman–Crippen MR) is 153 cm³/mol. The molecule has 2 aromatic rings. The Morgan fingerprint density at radius 2 is 1.49 bits per heavy atom. The van der Waals surface area contributed by atoms with E-state index in [2.05, 4.69) is 55.1 Å². The number of thiocarbonyl (C=S) groups is 1. The van der Waals surface area contributed by atoms with Gasteiger partial charge in [-0.15, -0.1) is 0 Å². The molecule has 2 unspecified atom stereocenters. The topological polar surface area (TPSA) is 67.4 Å². The molecule has 5 nitrogen and oxygen atoms in total. The highest BCUT2D eigenvalue weighted by Crippen LogP contribution is 2.56. The fourth-order valence-electron chi connectivity index (χ4n) is 6.70. The summed E-state index contributed by atoms with van der Waals surface area (Å²) in [6.07, 6.45) is 2.47. The molecule has 0 radical (unpaired) electrons. The average molecular weight is 537 g/mol. The van der Waals surface area contributed by atoms with Gasteiger partial charge in [0, 0.05) is 5.41 Å². The Balaban J connectivity index is 1.48. The van der Waals surface area contributed by atoms with Crippen LogP contribution in [0, 0.1) is 5.41 Å². The molecule has 196 valence electrons. The first-order valence-corrected chi connectivity index (χ1v) is 14.8. The number of aryl methyl sites for hydroxylation is 2. The molecule has 2 atom stereocenters. The zero-order valence-electron chi connectivity index (χ0n) is 22.4. The fourth-order valence-corrected chi connectivity index (χ4v) is 8.75. The summed E-state index contributed by atoms with van der Waals surface area (Å²) >= 11 is 5.65. The summed E-state index contributed by atoms with van der Waals surface area (Å²) in [6, 6.07) is 16.4. The van der Waals surface area contributed by atoms with Gasteiger partial charge in [0.15, 0.2) is 5.11 Å². The SMILES string of the molecule is CC1=C(C)C2OC(C)(C)CC2(C)C(C)=C1S(=O)(=O)NC(=S)NC1c2ccccc2CCc2ccccc21. The number of hydrogen-bond acceptors (Lipinski definition) is 4. The molecule has 3 aliphatic rings. The van der Waals surface area contributed by atoms with Gasteiger partial charge in [-0.2, -0.15) is 0 Å². The van der Waals surface area contributed by atoms with Crippen molar-refractivity contribution in [3.8, 4) is 0 Å². The fraction of sp³-hybridized carbons (Fsp3) is 0.433. The lowest BCUT2D eigenvalue weighted by molar-refractivity contribution is -0.00942. The Bertz CT molecular complexity index is 1410. The van der Waals surface area contributed by atoms with Crippen molar-refractivity contribution in [1.82, 2.24) is 10.0 Å². The Labute approximate surface area is 226 Å².